The second-order valence-electron chi connectivity index (χ2n) is 5.28. The third-order valence-corrected chi connectivity index (χ3v) is 4.33. The fraction of sp³-hybridized carbons (Fsp3) is 0.176. The summed E-state index contributed by atoms with van der Waals surface area (Å²) < 4.78 is 5.41. The number of aromatic hydroxyl groups is 1. The number of hydrogen-bond acceptors (Lipinski definition) is 4. The summed E-state index contributed by atoms with van der Waals surface area (Å²) in [6.45, 7) is 3.49. The largest absolute Gasteiger partial charge is 0.506 e. The number of aryl methyl sites for hydroxylation is 2. The highest BCUT2D eigenvalue weighted by Gasteiger charge is 2.08. The molecule has 25 heavy (non-hydrogen) atoms. The topological polar surface area (TPSA) is 70.9 Å². The number of ether oxygens (including phenoxy) is 1. The molecule has 8 heteroatoms. The molecular formula is C17H15Cl3N2O3. The Hall–Kier alpha value is -1.95. The van der Waals surface area contributed by atoms with Crippen LogP contribution in [0, 0.1) is 13.8 Å². The van der Waals surface area contributed by atoms with Crippen LogP contribution in [0.4, 0.5) is 0 Å². The van der Waals surface area contributed by atoms with Gasteiger partial charge in [-0.25, -0.2) is 5.43 Å². The van der Waals surface area contributed by atoms with E-state index in [9.17, 15) is 9.90 Å². The summed E-state index contributed by atoms with van der Waals surface area (Å²) in [5, 5.41) is 14.6. The van der Waals surface area contributed by atoms with Crippen LogP contribution in [0.5, 0.6) is 11.5 Å². The first-order valence-electron chi connectivity index (χ1n) is 7.17. The molecule has 0 aliphatic carbocycles. The molecule has 0 unspecified atom stereocenters. The Morgan fingerprint density at radius 2 is 1.84 bits per heavy atom. The van der Waals surface area contributed by atoms with Crippen molar-refractivity contribution in [3.63, 3.8) is 0 Å². The van der Waals surface area contributed by atoms with Gasteiger partial charge in [0, 0.05) is 15.6 Å². The molecule has 0 fully saturated rings. The number of halogens is 3. The van der Waals surface area contributed by atoms with Crippen LogP contribution in [0.3, 0.4) is 0 Å². The summed E-state index contributed by atoms with van der Waals surface area (Å²) in [5.41, 5.74) is 4.30. The van der Waals surface area contributed by atoms with Crippen LogP contribution in [0.2, 0.25) is 15.1 Å². The Kier molecular flexibility index (Phi) is 6.53. The first kappa shape index (κ1) is 19.4. The van der Waals surface area contributed by atoms with Gasteiger partial charge in [-0.3, -0.25) is 4.79 Å². The molecular weight excluding hydrogens is 387 g/mol. The summed E-state index contributed by atoms with van der Waals surface area (Å²) >= 11 is 17.7. The number of phenolic OH excluding ortho intramolecular Hbond substituents is 1. The number of hydrazone groups is 1. The van der Waals surface area contributed by atoms with Crippen molar-refractivity contribution in [1.29, 1.82) is 0 Å². The molecule has 1 amide bonds. The minimum Gasteiger partial charge on any atom is -0.506 e. The lowest BCUT2D eigenvalue weighted by Gasteiger charge is -2.09. The van der Waals surface area contributed by atoms with Crippen molar-refractivity contribution in [3.05, 3.63) is 56.0 Å². The highest BCUT2D eigenvalue weighted by Crippen LogP contribution is 2.30. The third-order valence-electron chi connectivity index (χ3n) is 3.23. The molecule has 5 nitrogen and oxygen atoms in total. The second-order valence-corrected chi connectivity index (χ2v) is 6.50. The molecule has 0 radical (unpaired) electrons. The van der Waals surface area contributed by atoms with Crippen molar-refractivity contribution in [1.82, 2.24) is 5.43 Å². The van der Waals surface area contributed by atoms with E-state index in [0.717, 1.165) is 11.1 Å². The highest BCUT2D eigenvalue weighted by atomic mass is 35.5. The van der Waals surface area contributed by atoms with E-state index < -0.39 is 5.91 Å². The molecule has 0 aliphatic heterocycles. The SMILES string of the molecule is Cc1cc(OCC(=O)N/N=C/c2cc(Cl)cc(Cl)c2O)cc(C)c1Cl. The van der Waals surface area contributed by atoms with Gasteiger partial charge in [0.25, 0.3) is 5.91 Å². The van der Waals surface area contributed by atoms with Crippen LogP contribution >= 0.6 is 34.8 Å². The number of carbonyl (C=O) groups excluding carboxylic acids is 1. The number of nitrogens with one attached hydrogen (secondary N) is 1. The Balaban J connectivity index is 1.93. The number of hydrogen-bond donors (Lipinski definition) is 2. The lowest BCUT2D eigenvalue weighted by molar-refractivity contribution is -0.123. The minimum absolute atomic E-state index is 0.0945. The molecule has 2 aromatic carbocycles. The third kappa shape index (κ3) is 5.26. The zero-order valence-electron chi connectivity index (χ0n) is 13.4. The first-order chi connectivity index (χ1) is 11.8. The number of nitrogens with zero attached hydrogens (tertiary/aromatic N) is 1. The highest BCUT2D eigenvalue weighted by molar-refractivity contribution is 6.36. The van der Waals surface area contributed by atoms with Crippen molar-refractivity contribution in [2.45, 2.75) is 13.8 Å². The lowest BCUT2D eigenvalue weighted by atomic mass is 10.1. The van der Waals surface area contributed by atoms with Crippen molar-refractivity contribution < 1.29 is 14.6 Å². The molecule has 2 rings (SSSR count). The normalized spacial score (nSPS) is 10.9. The van der Waals surface area contributed by atoms with Crippen molar-refractivity contribution in [2.24, 2.45) is 5.10 Å². The van der Waals surface area contributed by atoms with Crippen LogP contribution < -0.4 is 10.2 Å². The van der Waals surface area contributed by atoms with Crippen LogP contribution in [0.1, 0.15) is 16.7 Å². The van der Waals surface area contributed by atoms with E-state index in [4.69, 9.17) is 39.5 Å². The fourth-order valence-corrected chi connectivity index (χ4v) is 2.65. The molecule has 0 aliphatic rings. The van der Waals surface area contributed by atoms with Crippen LogP contribution in [0.15, 0.2) is 29.4 Å². The quantitative estimate of drug-likeness (QED) is 0.572. The smallest absolute Gasteiger partial charge is 0.277 e. The van der Waals surface area contributed by atoms with Gasteiger partial charge >= 0.3 is 0 Å². The molecule has 132 valence electrons. The van der Waals surface area contributed by atoms with Crippen molar-refractivity contribution >= 4 is 46.9 Å². The maximum absolute atomic E-state index is 11.8. The van der Waals surface area contributed by atoms with Gasteiger partial charge < -0.3 is 9.84 Å². The van der Waals surface area contributed by atoms with Crippen LogP contribution in [-0.2, 0) is 4.79 Å². The van der Waals surface area contributed by atoms with Gasteiger partial charge in [-0.15, -0.1) is 0 Å². The van der Waals surface area contributed by atoms with Crippen LogP contribution in [-0.4, -0.2) is 23.8 Å². The molecule has 2 aromatic rings. The van der Waals surface area contributed by atoms with Gasteiger partial charge in [-0.2, -0.15) is 5.10 Å². The maximum atomic E-state index is 11.8. The zero-order chi connectivity index (χ0) is 18.6. The molecule has 0 saturated heterocycles. The molecule has 0 spiro atoms. The Morgan fingerprint density at radius 1 is 1.20 bits per heavy atom. The summed E-state index contributed by atoms with van der Waals surface area (Å²) in [6, 6.07) is 6.36. The molecule has 0 aromatic heterocycles. The Labute approximate surface area is 160 Å². The van der Waals surface area contributed by atoms with Gasteiger partial charge in [-0.1, -0.05) is 34.8 Å². The number of amides is 1. The molecule has 0 bridgehead atoms. The van der Waals surface area contributed by atoms with E-state index in [0.29, 0.717) is 15.8 Å². The predicted octanol–water partition coefficient (Wildman–Crippen LogP) is 4.50. The van der Waals surface area contributed by atoms with E-state index in [-0.39, 0.29) is 22.9 Å². The van der Waals surface area contributed by atoms with Gasteiger partial charge in [0.1, 0.15) is 11.5 Å². The monoisotopic (exact) mass is 400 g/mol. The Morgan fingerprint density at radius 3 is 2.48 bits per heavy atom. The zero-order valence-corrected chi connectivity index (χ0v) is 15.7. The number of carbonyl (C=O) groups is 1. The van der Waals surface area contributed by atoms with E-state index in [2.05, 4.69) is 10.5 Å². The minimum atomic E-state index is -0.464. The standard InChI is InChI=1S/C17H15Cl3N2O3/c1-9-3-13(4-10(2)16(9)20)25-8-15(23)22-21-7-11-5-12(18)6-14(19)17(11)24/h3-7,24H,8H2,1-2H3,(H,22,23)/b21-7+. The number of phenols is 1. The molecule has 0 atom stereocenters. The second kappa shape index (κ2) is 8.43. The number of benzene rings is 2. The van der Waals surface area contributed by atoms with Gasteiger partial charge in [-0.05, 0) is 49.2 Å². The van der Waals surface area contributed by atoms with Crippen molar-refractivity contribution in [2.75, 3.05) is 6.61 Å². The van der Waals surface area contributed by atoms with Gasteiger partial charge in [0.2, 0.25) is 0 Å². The fourth-order valence-electron chi connectivity index (χ4n) is 2.03. The van der Waals surface area contributed by atoms with E-state index in [1.807, 2.05) is 13.8 Å². The van der Waals surface area contributed by atoms with Crippen LogP contribution in [0.25, 0.3) is 0 Å². The lowest BCUT2D eigenvalue weighted by Crippen LogP contribution is -2.24. The van der Waals surface area contributed by atoms with Gasteiger partial charge in [0.15, 0.2) is 6.61 Å². The average Bonchev–Trinajstić information content (AvgIpc) is 2.54. The molecule has 0 saturated carbocycles. The Bertz CT molecular complexity index is 815. The van der Waals surface area contributed by atoms with E-state index in [1.54, 1.807) is 12.1 Å². The first-order valence-corrected chi connectivity index (χ1v) is 8.30. The summed E-state index contributed by atoms with van der Waals surface area (Å²) in [6.07, 6.45) is 1.24. The van der Waals surface area contributed by atoms with Gasteiger partial charge in [0.05, 0.1) is 11.2 Å². The summed E-state index contributed by atoms with van der Waals surface area (Å²) in [5.74, 6) is -0.0978. The van der Waals surface area contributed by atoms with Crippen molar-refractivity contribution in [3.8, 4) is 11.5 Å². The summed E-state index contributed by atoms with van der Waals surface area (Å²) in [7, 11) is 0. The molecule has 0 heterocycles. The number of rotatable bonds is 5. The maximum Gasteiger partial charge on any atom is 0.277 e. The van der Waals surface area contributed by atoms with E-state index in [1.165, 1.54) is 18.3 Å². The predicted molar refractivity (Wildman–Crippen MR) is 100 cm³/mol. The van der Waals surface area contributed by atoms with E-state index >= 15 is 0 Å². The average molecular weight is 402 g/mol. The summed E-state index contributed by atoms with van der Waals surface area (Å²) in [4.78, 5) is 11.8. The molecule has 2 N–H and O–H groups in total.